The molecule has 4 heteroatoms. The predicted molar refractivity (Wildman–Crippen MR) is 70.8 cm³/mol. The van der Waals surface area contributed by atoms with Crippen molar-refractivity contribution in [2.75, 3.05) is 13.6 Å². The highest BCUT2D eigenvalue weighted by Gasteiger charge is 2.45. The van der Waals surface area contributed by atoms with Crippen LogP contribution in [0.1, 0.15) is 37.8 Å². The molecule has 4 nitrogen and oxygen atoms in total. The Kier molecular flexibility index (Phi) is 3.66. The first-order valence-corrected chi connectivity index (χ1v) is 6.48. The Morgan fingerprint density at radius 2 is 2.11 bits per heavy atom. The maximum absolute atomic E-state index is 12.5. The van der Waals surface area contributed by atoms with Crippen LogP contribution in [-0.2, 0) is 4.79 Å². The van der Waals surface area contributed by atoms with Crippen molar-refractivity contribution in [1.29, 1.82) is 0 Å². The summed E-state index contributed by atoms with van der Waals surface area (Å²) in [6.07, 6.45) is 6.48. The normalized spacial score (nSPS) is 18.8. The molecule has 0 spiro atoms. The summed E-state index contributed by atoms with van der Waals surface area (Å²) in [5.74, 6) is 0.181. The van der Waals surface area contributed by atoms with Crippen molar-refractivity contribution >= 4 is 5.91 Å². The Labute approximate surface area is 108 Å². The zero-order chi connectivity index (χ0) is 13.2. The fourth-order valence-corrected chi connectivity index (χ4v) is 2.52. The molecule has 0 saturated heterocycles. The second kappa shape index (κ2) is 5.06. The molecule has 98 valence electrons. The Balaban J connectivity index is 2.11. The van der Waals surface area contributed by atoms with E-state index in [1.807, 2.05) is 31.0 Å². The number of carbonyl (C=O) groups excluding carboxylic acids is 1. The number of carbonyl (C=O) groups is 1. The smallest absolute Gasteiger partial charge is 0.230 e. The summed E-state index contributed by atoms with van der Waals surface area (Å²) < 4.78 is 0. The van der Waals surface area contributed by atoms with Crippen LogP contribution in [0.2, 0.25) is 0 Å². The van der Waals surface area contributed by atoms with E-state index in [-0.39, 0.29) is 17.4 Å². The van der Waals surface area contributed by atoms with Crippen molar-refractivity contribution in [3.05, 3.63) is 30.1 Å². The third-order valence-corrected chi connectivity index (χ3v) is 4.24. The van der Waals surface area contributed by atoms with Gasteiger partial charge in [-0.1, -0.05) is 6.42 Å². The first-order valence-electron chi connectivity index (χ1n) is 6.48. The molecule has 1 heterocycles. The van der Waals surface area contributed by atoms with Crippen LogP contribution in [-0.4, -0.2) is 29.4 Å². The summed E-state index contributed by atoms with van der Waals surface area (Å²) in [5, 5.41) is 0. The van der Waals surface area contributed by atoms with E-state index < -0.39 is 0 Å². The first-order chi connectivity index (χ1) is 8.60. The van der Waals surface area contributed by atoms with Crippen molar-refractivity contribution in [3.63, 3.8) is 0 Å². The number of rotatable bonds is 4. The van der Waals surface area contributed by atoms with E-state index in [1.165, 1.54) is 0 Å². The van der Waals surface area contributed by atoms with Crippen LogP contribution in [0.25, 0.3) is 0 Å². The molecule has 0 radical (unpaired) electrons. The fourth-order valence-electron chi connectivity index (χ4n) is 2.52. The van der Waals surface area contributed by atoms with Gasteiger partial charge in [-0.2, -0.15) is 0 Å². The molecule has 1 aromatic heterocycles. The van der Waals surface area contributed by atoms with E-state index in [1.54, 1.807) is 12.4 Å². The van der Waals surface area contributed by atoms with E-state index in [2.05, 4.69) is 4.98 Å². The number of hydrogen-bond donors (Lipinski definition) is 1. The van der Waals surface area contributed by atoms with Gasteiger partial charge in [-0.3, -0.25) is 9.78 Å². The SMILES string of the molecule is CC(c1ccncc1)N(C)C(=O)C1(CN)CCC1. The topological polar surface area (TPSA) is 59.2 Å². The molecule has 1 aliphatic rings. The summed E-state index contributed by atoms with van der Waals surface area (Å²) in [6, 6.07) is 3.96. The molecule has 2 N–H and O–H groups in total. The van der Waals surface area contributed by atoms with Crippen molar-refractivity contribution in [2.45, 2.75) is 32.2 Å². The van der Waals surface area contributed by atoms with Gasteiger partial charge in [0.2, 0.25) is 5.91 Å². The van der Waals surface area contributed by atoms with Crippen LogP contribution >= 0.6 is 0 Å². The Morgan fingerprint density at radius 1 is 1.50 bits per heavy atom. The lowest BCUT2D eigenvalue weighted by atomic mass is 9.67. The van der Waals surface area contributed by atoms with Crippen molar-refractivity contribution in [2.24, 2.45) is 11.1 Å². The molecule has 1 saturated carbocycles. The van der Waals surface area contributed by atoms with Gasteiger partial charge in [0.15, 0.2) is 0 Å². The Hall–Kier alpha value is -1.42. The Bertz CT molecular complexity index is 409. The molecular weight excluding hydrogens is 226 g/mol. The van der Waals surface area contributed by atoms with Gasteiger partial charge in [-0.05, 0) is 37.5 Å². The maximum Gasteiger partial charge on any atom is 0.230 e. The van der Waals surface area contributed by atoms with Crippen molar-refractivity contribution < 1.29 is 4.79 Å². The lowest BCUT2D eigenvalue weighted by molar-refractivity contribution is -0.147. The molecule has 0 bridgehead atoms. The van der Waals surface area contributed by atoms with Crippen LogP contribution in [0.4, 0.5) is 0 Å². The second-order valence-electron chi connectivity index (χ2n) is 5.21. The average molecular weight is 247 g/mol. The zero-order valence-electron chi connectivity index (χ0n) is 11.1. The minimum absolute atomic E-state index is 0.0597. The van der Waals surface area contributed by atoms with E-state index in [4.69, 9.17) is 5.73 Å². The van der Waals surface area contributed by atoms with Gasteiger partial charge in [0, 0.05) is 26.0 Å². The number of aromatic nitrogens is 1. The zero-order valence-corrected chi connectivity index (χ0v) is 11.1. The standard InChI is InChI=1S/C14H21N3O/c1-11(12-4-8-16-9-5-12)17(2)13(18)14(10-15)6-3-7-14/h4-5,8-9,11H,3,6-7,10,15H2,1-2H3. The highest BCUT2D eigenvalue weighted by molar-refractivity contribution is 5.84. The fraction of sp³-hybridized carbons (Fsp3) is 0.571. The van der Waals surface area contributed by atoms with Crippen molar-refractivity contribution in [3.8, 4) is 0 Å². The highest BCUT2D eigenvalue weighted by atomic mass is 16.2. The number of nitrogens with zero attached hydrogens (tertiary/aromatic N) is 2. The molecule has 1 amide bonds. The van der Waals surface area contributed by atoms with Crippen LogP contribution in [0.5, 0.6) is 0 Å². The van der Waals surface area contributed by atoms with Gasteiger partial charge in [-0.15, -0.1) is 0 Å². The second-order valence-corrected chi connectivity index (χ2v) is 5.21. The quantitative estimate of drug-likeness (QED) is 0.881. The van der Waals surface area contributed by atoms with Gasteiger partial charge >= 0.3 is 0 Å². The van der Waals surface area contributed by atoms with Crippen LogP contribution in [0.15, 0.2) is 24.5 Å². The van der Waals surface area contributed by atoms with E-state index >= 15 is 0 Å². The summed E-state index contributed by atoms with van der Waals surface area (Å²) in [4.78, 5) is 18.3. The van der Waals surface area contributed by atoms with E-state index in [0.717, 1.165) is 24.8 Å². The minimum Gasteiger partial charge on any atom is -0.338 e. The monoisotopic (exact) mass is 247 g/mol. The number of hydrogen-bond acceptors (Lipinski definition) is 3. The molecule has 1 unspecified atom stereocenters. The average Bonchev–Trinajstić information content (AvgIpc) is 2.37. The molecule has 0 aliphatic heterocycles. The third kappa shape index (κ3) is 2.12. The van der Waals surface area contributed by atoms with Gasteiger partial charge in [0.1, 0.15) is 0 Å². The Morgan fingerprint density at radius 3 is 2.56 bits per heavy atom. The molecule has 18 heavy (non-hydrogen) atoms. The summed E-state index contributed by atoms with van der Waals surface area (Å²) in [7, 11) is 1.86. The van der Waals surface area contributed by atoms with Crippen LogP contribution in [0.3, 0.4) is 0 Å². The van der Waals surface area contributed by atoms with Gasteiger partial charge in [0.05, 0.1) is 11.5 Å². The summed E-state index contributed by atoms with van der Waals surface area (Å²) in [5.41, 5.74) is 6.60. The van der Waals surface area contributed by atoms with Crippen molar-refractivity contribution in [1.82, 2.24) is 9.88 Å². The van der Waals surface area contributed by atoms with E-state index in [9.17, 15) is 4.79 Å². The van der Waals surface area contributed by atoms with Crippen LogP contribution in [0, 0.1) is 5.41 Å². The largest absolute Gasteiger partial charge is 0.338 e. The lowest BCUT2D eigenvalue weighted by Gasteiger charge is -2.43. The maximum atomic E-state index is 12.5. The molecule has 2 rings (SSSR count). The summed E-state index contributed by atoms with van der Waals surface area (Å²) in [6.45, 7) is 2.50. The van der Waals surface area contributed by atoms with Crippen LogP contribution < -0.4 is 5.73 Å². The van der Waals surface area contributed by atoms with E-state index in [0.29, 0.717) is 6.54 Å². The molecule has 1 aromatic rings. The summed E-state index contributed by atoms with van der Waals surface area (Å²) >= 11 is 0. The lowest BCUT2D eigenvalue weighted by Crippen LogP contribution is -2.51. The van der Waals surface area contributed by atoms with Gasteiger partial charge in [0.25, 0.3) is 0 Å². The number of pyridine rings is 1. The molecule has 1 aliphatic carbocycles. The third-order valence-electron chi connectivity index (χ3n) is 4.24. The van der Waals surface area contributed by atoms with Gasteiger partial charge in [-0.25, -0.2) is 0 Å². The minimum atomic E-state index is -0.296. The first kappa shape index (κ1) is 13.0. The number of amides is 1. The molecular formula is C14H21N3O. The predicted octanol–water partition coefficient (Wildman–Crippen LogP) is 1.73. The number of nitrogens with two attached hydrogens (primary N) is 1. The highest BCUT2D eigenvalue weighted by Crippen LogP contribution is 2.42. The van der Waals surface area contributed by atoms with Gasteiger partial charge < -0.3 is 10.6 Å². The molecule has 1 atom stereocenters. The molecule has 0 aromatic carbocycles. The molecule has 1 fully saturated rings.